The zero-order valence-corrected chi connectivity index (χ0v) is 15.1. The van der Waals surface area contributed by atoms with E-state index in [0.29, 0.717) is 31.8 Å². The molecule has 26 heavy (non-hydrogen) atoms. The fraction of sp³-hybridized carbons (Fsp3) is 0.632. The average Bonchev–Trinajstić information content (AvgIpc) is 3.32. The molecule has 7 heteroatoms. The Morgan fingerprint density at radius 3 is 2.73 bits per heavy atom. The van der Waals surface area contributed by atoms with E-state index in [0.717, 1.165) is 30.0 Å². The first-order valence-corrected chi connectivity index (χ1v) is 9.09. The van der Waals surface area contributed by atoms with E-state index in [1.807, 2.05) is 19.1 Å². The number of ether oxygens (including phenoxy) is 5. The van der Waals surface area contributed by atoms with Crippen LogP contribution in [0.4, 0.5) is 0 Å². The Morgan fingerprint density at radius 1 is 1.27 bits per heavy atom. The maximum Gasteiger partial charge on any atom is 0.317 e. The third kappa shape index (κ3) is 2.14. The maximum atomic E-state index is 13.1. The molecule has 4 aliphatic heterocycles. The van der Waals surface area contributed by atoms with Crippen LogP contribution in [0.5, 0.6) is 11.5 Å². The van der Waals surface area contributed by atoms with Crippen LogP contribution in [0.15, 0.2) is 12.1 Å². The Labute approximate surface area is 152 Å². The maximum absolute atomic E-state index is 13.1. The molecule has 0 amide bonds. The highest BCUT2D eigenvalue weighted by atomic mass is 16.7. The van der Waals surface area contributed by atoms with E-state index in [2.05, 4.69) is 4.90 Å². The Balaban J connectivity index is 1.62. The molecule has 0 spiro atoms. The minimum absolute atomic E-state index is 0.0362. The van der Waals surface area contributed by atoms with Gasteiger partial charge in [-0.25, -0.2) is 0 Å². The van der Waals surface area contributed by atoms with Gasteiger partial charge >= 0.3 is 5.97 Å². The normalized spacial score (nSPS) is 33.2. The van der Waals surface area contributed by atoms with Crippen molar-refractivity contribution in [3.63, 3.8) is 0 Å². The number of rotatable bonds is 3. The van der Waals surface area contributed by atoms with Crippen LogP contribution >= 0.6 is 0 Å². The molecule has 1 aromatic carbocycles. The quantitative estimate of drug-likeness (QED) is 0.757. The summed E-state index contributed by atoms with van der Waals surface area (Å²) >= 11 is 0. The summed E-state index contributed by atoms with van der Waals surface area (Å²) in [5.41, 5.74) is 1.36. The van der Waals surface area contributed by atoms with Crippen LogP contribution < -0.4 is 9.47 Å². The van der Waals surface area contributed by atoms with Crippen molar-refractivity contribution >= 4 is 5.97 Å². The van der Waals surface area contributed by atoms with Gasteiger partial charge in [0.15, 0.2) is 17.3 Å². The lowest BCUT2D eigenvalue weighted by Crippen LogP contribution is -2.54. The number of fused-ring (bicyclic) bond motifs is 5. The zero-order valence-electron chi connectivity index (χ0n) is 15.1. The van der Waals surface area contributed by atoms with Gasteiger partial charge in [-0.3, -0.25) is 9.69 Å². The molecule has 4 aliphatic rings. The van der Waals surface area contributed by atoms with Crippen molar-refractivity contribution < 1.29 is 28.5 Å². The second-order valence-corrected chi connectivity index (χ2v) is 7.60. The van der Waals surface area contributed by atoms with Crippen molar-refractivity contribution in [1.82, 2.24) is 4.90 Å². The smallest absolute Gasteiger partial charge is 0.317 e. The number of methoxy groups -OCH3 is 1. The lowest BCUT2D eigenvalue weighted by molar-refractivity contribution is -0.167. The Bertz CT molecular complexity index is 759. The van der Waals surface area contributed by atoms with Crippen molar-refractivity contribution in [2.45, 2.75) is 43.6 Å². The molecule has 1 unspecified atom stereocenters. The minimum atomic E-state index is -0.734. The third-order valence-corrected chi connectivity index (χ3v) is 6.27. The summed E-state index contributed by atoms with van der Waals surface area (Å²) in [7, 11) is 1.46. The molecule has 0 saturated carbocycles. The highest BCUT2D eigenvalue weighted by Gasteiger charge is 2.60. The molecule has 7 nitrogen and oxygen atoms in total. The van der Waals surface area contributed by atoms with Crippen LogP contribution in [0, 0.1) is 0 Å². The molecular formula is C19H23NO6. The Kier molecular flexibility index (Phi) is 3.51. The van der Waals surface area contributed by atoms with E-state index < -0.39 is 11.2 Å². The summed E-state index contributed by atoms with van der Waals surface area (Å²) in [6.07, 6.45) is 1.34. The SMILES string of the molecule is COC(=O)[C@]12CCN(Cc3cc4c(cc31)OCO4)[C@H]2CC1(C)OCCO1. The summed E-state index contributed by atoms with van der Waals surface area (Å²) in [6, 6.07) is 3.95. The predicted molar refractivity (Wildman–Crippen MR) is 90.0 cm³/mol. The first kappa shape index (κ1) is 16.4. The summed E-state index contributed by atoms with van der Waals surface area (Å²) in [5, 5.41) is 0. The number of hydrogen-bond acceptors (Lipinski definition) is 7. The van der Waals surface area contributed by atoms with Crippen molar-refractivity contribution in [1.29, 1.82) is 0 Å². The number of hydrogen-bond donors (Lipinski definition) is 0. The highest BCUT2D eigenvalue weighted by Crippen LogP contribution is 2.52. The van der Waals surface area contributed by atoms with Gasteiger partial charge in [0.25, 0.3) is 0 Å². The first-order chi connectivity index (χ1) is 12.6. The fourth-order valence-corrected chi connectivity index (χ4v) is 5.07. The molecule has 5 rings (SSSR count). The minimum Gasteiger partial charge on any atom is -0.468 e. The molecule has 0 radical (unpaired) electrons. The van der Waals surface area contributed by atoms with Crippen LogP contribution in [0.2, 0.25) is 0 Å². The second kappa shape index (κ2) is 5.58. The van der Waals surface area contributed by atoms with E-state index >= 15 is 0 Å². The van der Waals surface area contributed by atoms with Crippen molar-refractivity contribution in [3.8, 4) is 11.5 Å². The molecule has 140 valence electrons. The number of esters is 1. The zero-order chi connectivity index (χ0) is 17.9. The summed E-state index contributed by atoms with van der Waals surface area (Å²) in [6.45, 7) is 4.95. The molecule has 2 bridgehead atoms. The van der Waals surface area contributed by atoms with Crippen LogP contribution in [0.25, 0.3) is 0 Å². The van der Waals surface area contributed by atoms with Gasteiger partial charge in [-0.15, -0.1) is 0 Å². The first-order valence-electron chi connectivity index (χ1n) is 9.09. The number of nitrogens with zero attached hydrogens (tertiary/aromatic N) is 1. The fourth-order valence-electron chi connectivity index (χ4n) is 5.07. The van der Waals surface area contributed by atoms with E-state index in [1.54, 1.807) is 0 Å². The van der Waals surface area contributed by atoms with E-state index in [-0.39, 0.29) is 18.8 Å². The monoisotopic (exact) mass is 361 g/mol. The van der Waals surface area contributed by atoms with Crippen molar-refractivity contribution in [2.24, 2.45) is 0 Å². The number of carbonyl (C=O) groups is 1. The molecule has 1 aromatic rings. The molecule has 2 fully saturated rings. The van der Waals surface area contributed by atoms with Crippen LogP contribution in [0.1, 0.15) is 30.9 Å². The molecule has 3 atom stereocenters. The lowest BCUT2D eigenvalue weighted by atomic mass is 9.68. The number of carbonyl (C=O) groups excluding carboxylic acids is 1. The molecular weight excluding hydrogens is 338 g/mol. The van der Waals surface area contributed by atoms with Gasteiger partial charge in [-0.05, 0) is 36.6 Å². The molecule has 2 saturated heterocycles. The van der Waals surface area contributed by atoms with Crippen LogP contribution in [-0.2, 0) is 31.0 Å². The van der Waals surface area contributed by atoms with Gasteiger partial charge in [0.05, 0.1) is 20.3 Å². The van der Waals surface area contributed by atoms with E-state index in [9.17, 15) is 4.79 Å². The molecule has 0 N–H and O–H groups in total. The van der Waals surface area contributed by atoms with Gasteiger partial charge < -0.3 is 23.7 Å². The van der Waals surface area contributed by atoms with E-state index in [4.69, 9.17) is 23.7 Å². The average molecular weight is 361 g/mol. The van der Waals surface area contributed by atoms with Gasteiger partial charge in [0.2, 0.25) is 6.79 Å². The molecule has 0 aliphatic carbocycles. The molecule has 0 aromatic heterocycles. The Hall–Kier alpha value is -1.83. The summed E-state index contributed by atoms with van der Waals surface area (Å²) in [4.78, 5) is 15.4. The van der Waals surface area contributed by atoms with Crippen LogP contribution in [0.3, 0.4) is 0 Å². The van der Waals surface area contributed by atoms with Gasteiger partial charge in [-0.2, -0.15) is 0 Å². The summed E-state index contributed by atoms with van der Waals surface area (Å²) < 4.78 is 28.1. The van der Waals surface area contributed by atoms with Gasteiger partial charge in [-0.1, -0.05) is 0 Å². The third-order valence-electron chi connectivity index (χ3n) is 6.27. The largest absolute Gasteiger partial charge is 0.468 e. The van der Waals surface area contributed by atoms with Crippen molar-refractivity contribution in [3.05, 3.63) is 23.3 Å². The highest BCUT2D eigenvalue weighted by molar-refractivity contribution is 5.86. The summed E-state index contributed by atoms with van der Waals surface area (Å²) in [5.74, 6) is 0.578. The van der Waals surface area contributed by atoms with Gasteiger partial charge in [0, 0.05) is 25.6 Å². The lowest BCUT2D eigenvalue weighted by Gasteiger charge is -2.44. The van der Waals surface area contributed by atoms with Gasteiger partial charge in [0.1, 0.15) is 5.41 Å². The second-order valence-electron chi connectivity index (χ2n) is 7.60. The Morgan fingerprint density at radius 2 is 2.00 bits per heavy atom. The predicted octanol–water partition coefficient (Wildman–Crippen LogP) is 1.57. The van der Waals surface area contributed by atoms with E-state index in [1.165, 1.54) is 7.11 Å². The topological polar surface area (TPSA) is 66.5 Å². The standard InChI is InChI=1S/C19H23NO6/c1-18(25-5-6-26-18)9-16-19(17(21)22-2)3-4-20(16)10-12-7-14-15(8-13(12)19)24-11-23-14/h7-8,16H,3-6,9-11H2,1-2H3/t16-,19+/m0/s1. The van der Waals surface area contributed by atoms with Crippen LogP contribution in [-0.4, -0.2) is 56.4 Å². The molecule has 4 heterocycles. The number of benzene rings is 1. The van der Waals surface area contributed by atoms with Crippen molar-refractivity contribution in [2.75, 3.05) is 33.7 Å².